The van der Waals surface area contributed by atoms with E-state index in [1.165, 1.54) is 84.8 Å². The maximum atomic E-state index is 15.8. The van der Waals surface area contributed by atoms with Crippen LogP contribution in [0.4, 0.5) is 13.2 Å². The van der Waals surface area contributed by atoms with E-state index in [0.29, 0.717) is 44.1 Å². The third kappa shape index (κ3) is 20.6. The average molecular weight is 1440 g/mol. The lowest BCUT2D eigenvalue weighted by Crippen LogP contribution is -2.65. The summed E-state index contributed by atoms with van der Waals surface area (Å²) >= 11 is 6.16. The van der Waals surface area contributed by atoms with Crippen molar-refractivity contribution in [2.75, 3.05) is 102 Å². The lowest BCUT2D eigenvalue weighted by Gasteiger charge is -2.43. The zero-order valence-electron chi connectivity index (χ0n) is 61.1. The van der Waals surface area contributed by atoms with Crippen molar-refractivity contribution in [1.29, 1.82) is 0 Å². The third-order valence-electron chi connectivity index (χ3n) is 22.0. The molecule has 1 aromatic carbocycles. The summed E-state index contributed by atoms with van der Waals surface area (Å²) in [6.07, 6.45) is 4.64. The first kappa shape index (κ1) is 81.2. The van der Waals surface area contributed by atoms with Crippen LogP contribution in [0.25, 0.3) is 0 Å². The van der Waals surface area contributed by atoms with Crippen molar-refractivity contribution in [3.8, 4) is 0 Å². The Labute approximate surface area is 598 Å². The molecule has 101 heavy (non-hydrogen) atoms. The Kier molecular flexibility index (Phi) is 29.2. The summed E-state index contributed by atoms with van der Waals surface area (Å²) in [5.41, 5.74) is -2.36. The molecule has 3 aliphatic heterocycles. The largest absolute Gasteiger partial charge is 0.417 e. The van der Waals surface area contributed by atoms with Gasteiger partial charge in [-0.25, -0.2) is 0 Å². The van der Waals surface area contributed by atoms with Gasteiger partial charge in [0, 0.05) is 69.0 Å². The highest BCUT2D eigenvalue weighted by atomic mass is 35.5. The number of alkyl halides is 3. The molecule has 3 N–H and O–H groups in total. The van der Waals surface area contributed by atoms with E-state index >= 15 is 28.8 Å². The predicted octanol–water partition coefficient (Wildman–Crippen LogP) is 5.27. The van der Waals surface area contributed by atoms with Crippen LogP contribution < -0.4 is 16.0 Å². The summed E-state index contributed by atoms with van der Waals surface area (Å²) in [5, 5.41) is 8.16. The van der Waals surface area contributed by atoms with E-state index in [1.54, 1.807) is 6.92 Å². The van der Waals surface area contributed by atoms with Crippen molar-refractivity contribution in [1.82, 2.24) is 60.0 Å². The van der Waals surface area contributed by atoms with Crippen LogP contribution in [0, 0.1) is 23.7 Å². The second-order valence-electron chi connectivity index (χ2n) is 29.7. The van der Waals surface area contributed by atoms with Gasteiger partial charge in [-0.1, -0.05) is 116 Å². The van der Waals surface area contributed by atoms with Crippen molar-refractivity contribution >= 4 is 82.5 Å². The van der Waals surface area contributed by atoms with Crippen LogP contribution in [-0.4, -0.2) is 265 Å². The number of rotatable bonds is 11. The van der Waals surface area contributed by atoms with Crippen molar-refractivity contribution in [3.63, 3.8) is 0 Å². The Balaban J connectivity index is 1.29. The van der Waals surface area contributed by atoms with Gasteiger partial charge in [-0.2, -0.15) is 13.2 Å². The minimum absolute atomic E-state index is 0.0164. The highest BCUT2D eigenvalue weighted by Gasteiger charge is 2.52. The molecule has 6 fully saturated rings. The van der Waals surface area contributed by atoms with E-state index in [-0.39, 0.29) is 89.6 Å². The molecule has 1 aromatic rings. The van der Waals surface area contributed by atoms with Gasteiger partial charge in [0.2, 0.25) is 70.9 Å². The molecular weight excluding hydrogens is 1330 g/mol. The summed E-state index contributed by atoms with van der Waals surface area (Å²) < 4.78 is 47.2. The molecule has 3 aliphatic carbocycles. The Morgan fingerprint density at radius 3 is 1.85 bits per heavy atom. The van der Waals surface area contributed by atoms with Gasteiger partial charge >= 0.3 is 6.18 Å². The fraction of sp³-hybridized carbons (Fsp3) is 0.750. The Hall–Kier alpha value is -7.10. The molecule has 3 saturated heterocycles. The minimum Gasteiger partial charge on any atom is -0.378 e. The highest BCUT2D eigenvalue weighted by molar-refractivity contribution is 6.31. The molecule has 3 heterocycles. The van der Waals surface area contributed by atoms with E-state index in [4.69, 9.17) is 16.3 Å². The number of amides is 12. The van der Waals surface area contributed by atoms with Crippen LogP contribution in [0.2, 0.25) is 5.02 Å². The van der Waals surface area contributed by atoms with Gasteiger partial charge in [0.15, 0.2) is 0 Å². The number of morpholine rings is 1. The zero-order chi connectivity index (χ0) is 74.4. The molecule has 12 amide bonds. The van der Waals surface area contributed by atoms with Gasteiger partial charge in [-0.3, -0.25) is 57.5 Å². The first-order valence-electron chi connectivity index (χ1n) is 36.4. The Morgan fingerprint density at radius 1 is 0.644 bits per heavy atom. The molecule has 1 spiro atoms. The molecule has 7 rings (SSSR count). The number of nitrogens with zero attached hydrogens (tertiary/aromatic N) is 9. The zero-order valence-corrected chi connectivity index (χ0v) is 61.9. The van der Waals surface area contributed by atoms with Crippen LogP contribution in [0.3, 0.4) is 0 Å². The van der Waals surface area contributed by atoms with Gasteiger partial charge in [-0.05, 0) is 106 Å². The van der Waals surface area contributed by atoms with E-state index in [0.717, 1.165) is 78.2 Å². The Bertz CT molecular complexity index is 3140. The van der Waals surface area contributed by atoms with Gasteiger partial charge in [0.1, 0.15) is 47.8 Å². The number of nitrogens with one attached hydrogen (secondary N) is 3. The molecule has 6 aliphatic rings. The molecule has 25 nitrogen and oxygen atoms in total. The van der Waals surface area contributed by atoms with Gasteiger partial charge in [0.25, 0.3) is 0 Å². The molecule has 0 unspecified atom stereocenters. The smallest absolute Gasteiger partial charge is 0.378 e. The van der Waals surface area contributed by atoms with Gasteiger partial charge in [-0.15, -0.1) is 0 Å². The normalized spacial score (nSPS) is 26.8. The average Bonchev–Trinajstić information content (AvgIpc) is 1.74. The summed E-state index contributed by atoms with van der Waals surface area (Å²) in [7, 11) is 9.94. The van der Waals surface area contributed by atoms with Crippen LogP contribution in [-0.2, 0) is 74.9 Å². The third-order valence-corrected chi connectivity index (χ3v) is 22.3. The topological polar surface area (TPSA) is 279 Å². The maximum absolute atomic E-state index is 15.8. The lowest BCUT2D eigenvalue weighted by molar-refractivity contribution is -0.158. The number of halogens is 4. The molecule has 3 saturated carbocycles. The molecular formula is C72H110ClF3N12O13. The number of hydrogen-bond donors (Lipinski definition) is 3. The number of fused-ring (bicyclic) bond motifs is 1. The van der Waals surface area contributed by atoms with Crippen LogP contribution >= 0.6 is 11.6 Å². The van der Waals surface area contributed by atoms with Crippen molar-refractivity contribution in [2.24, 2.45) is 23.7 Å². The molecule has 564 valence electrons. The van der Waals surface area contributed by atoms with Crippen LogP contribution in [0.15, 0.2) is 18.2 Å². The second kappa shape index (κ2) is 36.4. The van der Waals surface area contributed by atoms with Crippen molar-refractivity contribution in [3.05, 3.63) is 34.3 Å². The SMILES string of the molecule is CC[C@H](C)[C@@H]1NC(=O)[C@H](CC(C)C)N(C)C(=O)C[C@@H](C(=O)N2CCOCC2)N(C)C(=O)[C@H](C2CCCCC2)N(C)C(=O)C2(CCCC2)NC(=O)[C@@H]2CCCN2C(=O)[C@H](CCc2ccc(C(F)(F)F)c(Cl)c2)NC(=O)CN(C)C(=O)[C@H](CC2CCCCC2)N(C)C(=O)CN(C)C(=O)CN(C)C1=O. The van der Waals surface area contributed by atoms with Crippen LogP contribution in [0.1, 0.15) is 174 Å². The summed E-state index contributed by atoms with van der Waals surface area (Å²) in [6, 6.07) is -5.66. The monoisotopic (exact) mass is 1440 g/mol. The minimum atomic E-state index is -4.76. The quantitative estimate of drug-likeness (QED) is 0.255. The first-order valence-corrected chi connectivity index (χ1v) is 36.8. The van der Waals surface area contributed by atoms with E-state index in [2.05, 4.69) is 16.0 Å². The number of benzene rings is 1. The maximum Gasteiger partial charge on any atom is 0.417 e. The second-order valence-corrected chi connectivity index (χ2v) is 30.1. The number of ether oxygens (including phenoxy) is 1. The summed E-state index contributed by atoms with van der Waals surface area (Å²) in [5.74, 6) is -8.95. The van der Waals surface area contributed by atoms with Crippen LogP contribution in [0.5, 0.6) is 0 Å². The van der Waals surface area contributed by atoms with E-state index in [1.807, 2.05) is 20.8 Å². The summed E-state index contributed by atoms with van der Waals surface area (Å²) in [4.78, 5) is 191. The number of carbonyl (C=O) groups is 12. The number of aryl methyl sites for hydroxylation is 1. The van der Waals surface area contributed by atoms with Gasteiger partial charge < -0.3 is 64.8 Å². The fourth-order valence-electron chi connectivity index (χ4n) is 15.5. The lowest BCUT2D eigenvalue weighted by atomic mass is 9.81. The number of carbonyl (C=O) groups excluding carboxylic acids is 12. The van der Waals surface area contributed by atoms with E-state index < -0.39 is 173 Å². The predicted molar refractivity (Wildman–Crippen MR) is 371 cm³/mol. The fourth-order valence-corrected chi connectivity index (χ4v) is 15.8. The Morgan fingerprint density at radius 2 is 1.25 bits per heavy atom. The molecule has 8 atom stereocenters. The number of hydrogen-bond acceptors (Lipinski definition) is 13. The van der Waals surface area contributed by atoms with E-state index in [9.17, 15) is 41.9 Å². The molecule has 0 aromatic heterocycles. The standard InChI is InChI=1S/C72H110ClF3N12O13/c1-12-46(4)61-68(98)82(7)43-59(91)80(5)44-60(92)84(9)55(40-47-22-15-13-16-23-47)66(96)81(6)42-57(89)77-52(30-28-48-27-29-50(51(73)39-48)72(74,75)76)65(95)88-33-21-26-53(88)64(94)79-71(31-19-20-32-71)70(100)86(11)62(49-24-17-14-18-25-49)69(99)85(10)56(67(97)87-34-36-101-37-35-87)41-58(90)83(8)54(38-45(2)3)63(93)78-61/h27,29,39,45-47,49,52-56,61-62H,12-26,28,30-38,40-44H2,1-11H3,(H,77,89)(H,78,93)(H,79,94)/t46-,52-,53-,54-,55-,56-,61-,62-/m0/s1. The van der Waals surface area contributed by atoms with Crippen molar-refractivity contribution < 1.29 is 75.4 Å². The van der Waals surface area contributed by atoms with Crippen molar-refractivity contribution in [2.45, 2.75) is 223 Å². The summed E-state index contributed by atoms with van der Waals surface area (Å²) in [6.45, 7) is 6.34. The first-order chi connectivity index (χ1) is 47.7. The highest BCUT2D eigenvalue weighted by Crippen LogP contribution is 2.38. The molecule has 29 heteroatoms. The molecule has 0 bridgehead atoms. The van der Waals surface area contributed by atoms with Gasteiger partial charge in [0.05, 0.1) is 49.9 Å². The number of likely N-dealkylation sites (N-methyl/N-ethyl adjacent to an activating group) is 7. The molecule has 0 radical (unpaired) electrons.